The van der Waals surface area contributed by atoms with Gasteiger partial charge in [0.2, 0.25) is 0 Å². The Balaban J connectivity index is 4.61. The van der Waals surface area contributed by atoms with Gasteiger partial charge >= 0.3 is 5.97 Å². The number of hydrazine groups is 1. The number of esters is 1. The summed E-state index contributed by atoms with van der Waals surface area (Å²) in [7, 11) is 1.11. The highest BCUT2D eigenvalue weighted by Crippen LogP contribution is 2.06. The summed E-state index contributed by atoms with van der Waals surface area (Å²) in [4.78, 5) is 11.0. The van der Waals surface area contributed by atoms with Crippen LogP contribution in [0.2, 0.25) is 0 Å². The van der Waals surface area contributed by atoms with E-state index in [4.69, 9.17) is 11.6 Å². The molecule has 0 amide bonds. The zero-order valence-corrected chi connectivity index (χ0v) is 7.74. The number of nitrogens with two attached hydrogens (primary N) is 2. The molecule has 0 aliphatic carbocycles. The number of ether oxygens (including phenoxy) is 1. The number of halogens is 2. The summed E-state index contributed by atoms with van der Waals surface area (Å²) in [5.41, 5.74) is 4.78. The molecule has 0 radical (unpaired) electrons. The maximum absolute atomic E-state index is 12.2. The monoisotopic (exact) mass is 209 g/mol. The molecule has 0 aromatic carbocycles. The van der Waals surface area contributed by atoms with Crippen LogP contribution in [-0.4, -0.2) is 37.5 Å². The minimum atomic E-state index is -1.23. The van der Waals surface area contributed by atoms with Crippen molar-refractivity contribution in [2.75, 3.05) is 20.5 Å². The Morgan fingerprint density at radius 3 is 2.36 bits per heavy atom. The molecular formula is C7H13F2N3O2. The van der Waals surface area contributed by atoms with E-state index in [-0.39, 0.29) is 5.70 Å². The van der Waals surface area contributed by atoms with E-state index in [1.54, 1.807) is 0 Å². The van der Waals surface area contributed by atoms with Crippen molar-refractivity contribution in [1.29, 1.82) is 0 Å². The summed E-state index contributed by atoms with van der Waals surface area (Å²) in [5, 5.41) is 0.617. The fourth-order valence-electron chi connectivity index (χ4n) is 0.751. The highest BCUT2D eigenvalue weighted by Gasteiger charge is 2.23. The standard InChI is InChI=1S/C7H13F2N3O2/c1-14-7(13)6(4-10)12(11)5(2-8)3-9/h4-5H,2-3,10-11H2,1H3/b6-4-. The Labute approximate surface area is 80.3 Å². The molecule has 0 saturated carbocycles. The molecule has 0 spiro atoms. The molecule has 0 fully saturated rings. The van der Waals surface area contributed by atoms with Gasteiger partial charge in [0.05, 0.1) is 7.11 Å². The second-order valence-electron chi connectivity index (χ2n) is 2.41. The minimum Gasteiger partial charge on any atom is -0.464 e. The average molecular weight is 209 g/mol. The first kappa shape index (κ1) is 12.6. The maximum atomic E-state index is 12.2. The van der Waals surface area contributed by atoms with Crippen LogP contribution in [0.25, 0.3) is 0 Å². The van der Waals surface area contributed by atoms with E-state index < -0.39 is 25.4 Å². The normalized spacial score (nSPS) is 11.6. The van der Waals surface area contributed by atoms with E-state index in [9.17, 15) is 13.6 Å². The Morgan fingerprint density at radius 2 is 2.07 bits per heavy atom. The van der Waals surface area contributed by atoms with Gasteiger partial charge in [0.1, 0.15) is 19.4 Å². The van der Waals surface area contributed by atoms with Crippen LogP contribution in [-0.2, 0) is 9.53 Å². The third kappa shape index (κ3) is 2.84. The lowest BCUT2D eigenvalue weighted by atomic mass is 10.3. The molecule has 0 aliphatic heterocycles. The van der Waals surface area contributed by atoms with Crippen molar-refractivity contribution in [2.24, 2.45) is 11.6 Å². The molecule has 0 rings (SSSR count). The summed E-state index contributed by atoms with van der Waals surface area (Å²) in [5.74, 6) is 4.43. The molecule has 5 nitrogen and oxygen atoms in total. The Hall–Kier alpha value is -1.37. The number of nitrogens with zero attached hydrogens (tertiary/aromatic N) is 1. The minimum absolute atomic E-state index is 0.284. The van der Waals surface area contributed by atoms with E-state index in [1.165, 1.54) is 0 Å². The van der Waals surface area contributed by atoms with Gasteiger partial charge in [-0.3, -0.25) is 5.01 Å². The van der Waals surface area contributed by atoms with Crippen LogP contribution < -0.4 is 11.6 Å². The van der Waals surface area contributed by atoms with Gasteiger partial charge in [-0.15, -0.1) is 0 Å². The second kappa shape index (κ2) is 6.14. The number of carbonyl (C=O) groups excluding carboxylic acids is 1. The van der Waals surface area contributed by atoms with Gasteiger partial charge in [-0.25, -0.2) is 19.4 Å². The summed E-state index contributed by atoms with van der Waals surface area (Å²) in [6.45, 7) is -2.05. The predicted molar refractivity (Wildman–Crippen MR) is 46.1 cm³/mol. The third-order valence-electron chi connectivity index (χ3n) is 1.58. The van der Waals surface area contributed by atoms with Crippen LogP contribution >= 0.6 is 0 Å². The summed E-state index contributed by atoms with van der Waals surface area (Å²) in [6, 6.07) is -1.23. The van der Waals surface area contributed by atoms with Gasteiger partial charge in [0, 0.05) is 6.20 Å². The van der Waals surface area contributed by atoms with Crippen molar-refractivity contribution in [3.8, 4) is 0 Å². The van der Waals surface area contributed by atoms with Crippen LogP contribution in [0, 0.1) is 0 Å². The van der Waals surface area contributed by atoms with E-state index >= 15 is 0 Å². The number of hydrogen-bond donors (Lipinski definition) is 2. The van der Waals surface area contributed by atoms with E-state index in [0.717, 1.165) is 13.3 Å². The van der Waals surface area contributed by atoms with Crippen molar-refractivity contribution in [3.63, 3.8) is 0 Å². The Morgan fingerprint density at radius 1 is 1.57 bits per heavy atom. The number of rotatable bonds is 5. The number of carbonyl (C=O) groups is 1. The van der Waals surface area contributed by atoms with Crippen molar-refractivity contribution >= 4 is 5.97 Å². The second-order valence-corrected chi connectivity index (χ2v) is 2.41. The molecule has 0 unspecified atom stereocenters. The largest absolute Gasteiger partial charge is 0.464 e. The number of methoxy groups -OCH3 is 1. The van der Waals surface area contributed by atoms with Crippen molar-refractivity contribution in [2.45, 2.75) is 6.04 Å². The fraction of sp³-hybridized carbons (Fsp3) is 0.571. The van der Waals surface area contributed by atoms with Gasteiger partial charge in [-0.05, 0) is 0 Å². The molecule has 0 aromatic heterocycles. The highest BCUT2D eigenvalue weighted by atomic mass is 19.1. The number of alkyl halides is 2. The van der Waals surface area contributed by atoms with Gasteiger partial charge in [-0.2, -0.15) is 0 Å². The first-order chi connectivity index (χ1) is 6.62. The molecular weight excluding hydrogens is 196 g/mol. The third-order valence-corrected chi connectivity index (χ3v) is 1.58. The SMILES string of the molecule is COC(=O)/C(=C/N)N(N)C(CF)CF. The van der Waals surface area contributed by atoms with Gasteiger partial charge in [-0.1, -0.05) is 0 Å². The molecule has 0 bridgehead atoms. The zero-order valence-electron chi connectivity index (χ0n) is 7.74. The van der Waals surface area contributed by atoms with Crippen molar-refractivity contribution in [3.05, 3.63) is 11.9 Å². The smallest absolute Gasteiger partial charge is 0.357 e. The summed E-state index contributed by atoms with van der Waals surface area (Å²) in [6.07, 6.45) is 0.837. The van der Waals surface area contributed by atoms with Crippen LogP contribution in [0.15, 0.2) is 11.9 Å². The quantitative estimate of drug-likeness (QED) is 0.274. The maximum Gasteiger partial charge on any atom is 0.357 e. The van der Waals surface area contributed by atoms with Crippen LogP contribution in [0.4, 0.5) is 8.78 Å². The number of hydrogen-bond acceptors (Lipinski definition) is 5. The molecule has 0 saturated heterocycles. The highest BCUT2D eigenvalue weighted by molar-refractivity contribution is 5.87. The first-order valence-electron chi connectivity index (χ1n) is 3.78. The van der Waals surface area contributed by atoms with Crippen molar-refractivity contribution < 1.29 is 18.3 Å². The molecule has 0 aliphatic rings. The molecule has 7 heteroatoms. The van der Waals surface area contributed by atoms with Gasteiger partial charge < -0.3 is 10.5 Å². The van der Waals surface area contributed by atoms with E-state index in [2.05, 4.69) is 4.74 Å². The predicted octanol–water partition coefficient (Wildman–Crippen LogP) is -0.557. The first-order valence-corrected chi connectivity index (χ1v) is 3.78. The van der Waals surface area contributed by atoms with Crippen LogP contribution in [0.1, 0.15) is 0 Å². The lowest BCUT2D eigenvalue weighted by Gasteiger charge is -2.25. The molecule has 0 heterocycles. The lowest BCUT2D eigenvalue weighted by molar-refractivity contribution is -0.138. The Bertz CT molecular complexity index is 219. The molecule has 14 heavy (non-hydrogen) atoms. The Kier molecular flexibility index (Phi) is 5.54. The molecule has 0 aromatic rings. The van der Waals surface area contributed by atoms with Crippen LogP contribution in [0.5, 0.6) is 0 Å². The lowest BCUT2D eigenvalue weighted by Crippen LogP contribution is -2.45. The topological polar surface area (TPSA) is 81.6 Å². The van der Waals surface area contributed by atoms with Crippen LogP contribution in [0.3, 0.4) is 0 Å². The van der Waals surface area contributed by atoms with Gasteiger partial charge in [0.25, 0.3) is 0 Å². The average Bonchev–Trinajstić information content (AvgIpc) is 2.20. The van der Waals surface area contributed by atoms with E-state index in [0.29, 0.717) is 5.01 Å². The molecule has 82 valence electrons. The van der Waals surface area contributed by atoms with Crippen molar-refractivity contribution in [1.82, 2.24) is 5.01 Å². The summed E-state index contributed by atoms with van der Waals surface area (Å²) >= 11 is 0. The van der Waals surface area contributed by atoms with Gasteiger partial charge in [0.15, 0.2) is 5.70 Å². The van der Waals surface area contributed by atoms with E-state index in [1.807, 2.05) is 0 Å². The zero-order chi connectivity index (χ0) is 11.1. The molecule has 4 N–H and O–H groups in total. The molecule has 0 atom stereocenters. The fourth-order valence-corrected chi connectivity index (χ4v) is 0.751. The summed E-state index contributed by atoms with van der Waals surface area (Å²) < 4.78 is 28.7.